The summed E-state index contributed by atoms with van der Waals surface area (Å²) in [6.07, 6.45) is 0. The van der Waals surface area contributed by atoms with Crippen molar-refractivity contribution in [3.05, 3.63) is 71.2 Å². The Morgan fingerprint density at radius 1 is 0.947 bits per heavy atom. The van der Waals surface area contributed by atoms with Crippen LogP contribution in [-0.4, -0.2) is 45.3 Å². The largest absolute Gasteiger partial charge is 0.495 e. The van der Waals surface area contributed by atoms with E-state index in [1.54, 1.807) is 55.5 Å². The molecule has 0 aliphatic carbocycles. The molecule has 0 heterocycles. The Morgan fingerprint density at radius 2 is 1.66 bits per heavy atom. The van der Waals surface area contributed by atoms with Gasteiger partial charge in [0.25, 0.3) is 5.91 Å². The van der Waals surface area contributed by atoms with Crippen molar-refractivity contribution in [3.8, 4) is 17.2 Å². The van der Waals surface area contributed by atoms with Crippen molar-refractivity contribution in [3.63, 3.8) is 0 Å². The van der Waals surface area contributed by atoms with E-state index in [-0.39, 0.29) is 19.1 Å². The first kappa shape index (κ1) is 28.5. The van der Waals surface area contributed by atoms with Crippen LogP contribution in [0.5, 0.6) is 17.2 Å². The molecule has 0 saturated heterocycles. The number of esters is 1. The molecule has 0 atom stereocenters. The summed E-state index contributed by atoms with van der Waals surface area (Å²) in [5.74, 6) is 0.227. The van der Waals surface area contributed by atoms with Gasteiger partial charge in [0, 0.05) is 17.3 Å². The van der Waals surface area contributed by atoms with Crippen molar-refractivity contribution in [1.29, 1.82) is 0 Å². The van der Waals surface area contributed by atoms with Gasteiger partial charge in [-0.2, -0.15) is 0 Å². The fourth-order valence-corrected chi connectivity index (χ4v) is 3.63. The second kappa shape index (κ2) is 13.5. The predicted octanol–water partition coefficient (Wildman–Crippen LogP) is 5.43. The van der Waals surface area contributed by atoms with Crippen LogP contribution in [0, 0.1) is 0 Å². The number of thiol groups is 1. The van der Waals surface area contributed by atoms with Gasteiger partial charge in [-0.25, -0.2) is 13.9 Å². The van der Waals surface area contributed by atoms with Crippen molar-refractivity contribution in [2.75, 3.05) is 42.4 Å². The molecule has 3 rings (SSSR count). The first-order chi connectivity index (χ1) is 18.2. The minimum atomic E-state index is -0.565. The van der Waals surface area contributed by atoms with E-state index in [1.807, 2.05) is 0 Å². The van der Waals surface area contributed by atoms with Gasteiger partial charge in [0.2, 0.25) is 0 Å². The third kappa shape index (κ3) is 7.46. The summed E-state index contributed by atoms with van der Waals surface area (Å²) in [5.41, 5.74) is 1.59. The van der Waals surface area contributed by atoms with E-state index in [4.69, 9.17) is 30.5 Å². The Bertz CT molecular complexity index is 1300. The minimum absolute atomic E-state index is 0.255. The molecule has 0 saturated carbocycles. The molecule has 0 bridgehead atoms. The Balaban J connectivity index is 1.62. The van der Waals surface area contributed by atoms with E-state index in [0.29, 0.717) is 44.9 Å². The van der Waals surface area contributed by atoms with Crippen LogP contribution in [0.25, 0.3) is 0 Å². The van der Waals surface area contributed by atoms with E-state index in [9.17, 15) is 14.4 Å². The summed E-state index contributed by atoms with van der Waals surface area (Å²) in [5, 5.41) is 5.75. The molecule has 0 aliphatic rings. The van der Waals surface area contributed by atoms with Crippen molar-refractivity contribution in [2.24, 2.45) is 0 Å². The number of carbonyl (C=O) groups is 3. The lowest BCUT2D eigenvalue weighted by molar-refractivity contribution is -0.145. The maximum Gasteiger partial charge on any atom is 0.344 e. The molecule has 0 spiro atoms. The summed E-state index contributed by atoms with van der Waals surface area (Å²) < 4.78 is 21.7. The molecule has 0 radical (unpaired) electrons. The number of urea groups is 1. The lowest BCUT2D eigenvalue weighted by atomic mass is 10.2. The highest BCUT2D eigenvalue weighted by Gasteiger charge is 2.17. The average molecular weight is 560 g/mol. The Morgan fingerprint density at radius 3 is 2.32 bits per heavy atom. The van der Waals surface area contributed by atoms with Crippen molar-refractivity contribution >= 4 is 59.4 Å². The lowest BCUT2D eigenvalue weighted by Gasteiger charge is -2.19. The number of rotatable bonds is 10. The summed E-state index contributed by atoms with van der Waals surface area (Å²) in [6.45, 7) is 1.70. The van der Waals surface area contributed by atoms with Crippen LogP contribution in [0.3, 0.4) is 0 Å². The van der Waals surface area contributed by atoms with E-state index in [2.05, 4.69) is 23.4 Å². The zero-order valence-electron chi connectivity index (χ0n) is 20.8. The second-order valence-corrected chi connectivity index (χ2v) is 8.36. The highest BCUT2D eigenvalue weighted by molar-refractivity contribution is 7.82. The van der Waals surface area contributed by atoms with E-state index < -0.39 is 12.0 Å². The Kier molecular flexibility index (Phi) is 10.1. The first-order valence-corrected chi connectivity index (χ1v) is 12.0. The summed E-state index contributed by atoms with van der Waals surface area (Å²) >= 11 is 10.4. The third-order valence-electron chi connectivity index (χ3n) is 5.04. The molecule has 3 aromatic carbocycles. The van der Waals surface area contributed by atoms with Crippen molar-refractivity contribution in [2.45, 2.75) is 6.92 Å². The molecule has 10 nitrogen and oxygen atoms in total. The van der Waals surface area contributed by atoms with Gasteiger partial charge in [-0.05, 0) is 55.5 Å². The molecular formula is C26H26ClN3O7S. The third-order valence-corrected chi connectivity index (χ3v) is 5.74. The Labute approximate surface area is 230 Å². The van der Waals surface area contributed by atoms with E-state index in [0.717, 1.165) is 4.31 Å². The van der Waals surface area contributed by atoms with Gasteiger partial charge >= 0.3 is 12.0 Å². The topological polar surface area (TPSA) is 115 Å². The summed E-state index contributed by atoms with van der Waals surface area (Å²) in [7, 11) is 2.93. The molecule has 0 aliphatic heterocycles. The number of carbonyl (C=O) groups excluding carboxylic acids is 3. The standard InChI is InChI=1S/C26H26ClN3O7S/c1-4-36-24(31)15-37-19-7-5-6-16(12-19)25(32)28-17-8-10-18(11-9-17)30(38)26(33)29-21-13-20(27)22(34-2)14-23(21)35-3/h5-14,38H,4,15H2,1-3H3,(H,28,32)(H,29,33). The summed E-state index contributed by atoms with van der Waals surface area (Å²) in [6, 6.07) is 15.4. The molecule has 3 aromatic rings. The van der Waals surface area contributed by atoms with Crippen LogP contribution < -0.4 is 29.1 Å². The number of hydrogen-bond donors (Lipinski definition) is 3. The van der Waals surface area contributed by atoms with Crippen LogP contribution in [0.4, 0.5) is 21.9 Å². The minimum Gasteiger partial charge on any atom is -0.495 e. The molecule has 2 N–H and O–H groups in total. The van der Waals surface area contributed by atoms with Gasteiger partial charge in [0.15, 0.2) is 6.61 Å². The second-order valence-electron chi connectivity index (χ2n) is 7.55. The maximum atomic E-state index is 12.8. The smallest absolute Gasteiger partial charge is 0.344 e. The van der Waals surface area contributed by atoms with Crippen LogP contribution in [-0.2, 0) is 9.53 Å². The van der Waals surface area contributed by atoms with Gasteiger partial charge in [-0.15, -0.1) is 0 Å². The van der Waals surface area contributed by atoms with E-state index >= 15 is 0 Å². The normalized spacial score (nSPS) is 10.2. The number of nitrogens with one attached hydrogen (secondary N) is 2. The zero-order valence-corrected chi connectivity index (χ0v) is 22.5. The number of halogens is 1. The highest BCUT2D eigenvalue weighted by atomic mass is 35.5. The number of amides is 3. The van der Waals surface area contributed by atoms with Crippen LogP contribution >= 0.6 is 24.4 Å². The number of hydrogen-bond acceptors (Lipinski definition) is 8. The molecule has 0 fully saturated rings. The molecule has 0 aromatic heterocycles. The molecule has 12 heteroatoms. The number of ether oxygens (including phenoxy) is 4. The number of methoxy groups -OCH3 is 2. The summed E-state index contributed by atoms with van der Waals surface area (Å²) in [4.78, 5) is 36.9. The molecule has 0 unspecified atom stereocenters. The Hall–Kier alpha value is -4.09. The zero-order chi connectivity index (χ0) is 27.7. The predicted molar refractivity (Wildman–Crippen MR) is 148 cm³/mol. The van der Waals surface area contributed by atoms with Gasteiger partial charge in [-0.3, -0.25) is 4.79 Å². The van der Waals surface area contributed by atoms with Gasteiger partial charge < -0.3 is 29.6 Å². The number of nitrogens with zero attached hydrogens (tertiary/aromatic N) is 1. The number of anilines is 3. The van der Waals surface area contributed by atoms with Crippen LogP contribution in [0.15, 0.2) is 60.7 Å². The average Bonchev–Trinajstić information content (AvgIpc) is 2.92. The van der Waals surface area contributed by atoms with Crippen molar-refractivity contribution in [1.82, 2.24) is 0 Å². The van der Waals surface area contributed by atoms with E-state index in [1.165, 1.54) is 26.4 Å². The molecular weight excluding hydrogens is 534 g/mol. The lowest BCUT2D eigenvalue weighted by Crippen LogP contribution is -2.27. The molecule has 200 valence electrons. The fraction of sp³-hybridized carbons (Fsp3) is 0.192. The molecule has 38 heavy (non-hydrogen) atoms. The van der Waals surface area contributed by atoms with Gasteiger partial charge in [-0.1, -0.05) is 30.5 Å². The quantitative estimate of drug-likeness (QED) is 0.224. The molecule has 3 amide bonds. The number of benzene rings is 3. The first-order valence-electron chi connectivity index (χ1n) is 11.3. The van der Waals surface area contributed by atoms with Crippen LogP contribution in [0.2, 0.25) is 5.02 Å². The SMILES string of the molecule is CCOC(=O)COc1cccc(C(=O)Nc2ccc(N(S)C(=O)Nc3cc(Cl)c(OC)cc3OC)cc2)c1. The monoisotopic (exact) mass is 559 g/mol. The van der Waals surface area contributed by atoms with Crippen LogP contribution in [0.1, 0.15) is 17.3 Å². The fourth-order valence-electron chi connectivity index (χ4n) is 3.20. The van der Waals surface area contributed by atoms with Crippen molar-refractivity contribution < 1.29 is 33.3 Å². The van der Waals surface area contributed by atoms with Gasteiger partial charge in [0.1, 0.15) is 17.2 Å². The van der Waals surface area contributed by atoms with Gasteiger partial charge in [0.05, 0.1) is 37.2 Å². The maximum absolute atomic E-state index is 12.8. The highest BCUT2D eigenvalue weighted by Crippen LogP contribution is 2.36.